The molecule has 1 aromatic carbocycles. The summed E-state index contributed by atoms with van der Waals surface area (Å²) in [5.41, 5.74) is 2.24. The molecule has 0 saturated carbocycles. The Balaban J connectivity index is 2.46. The number of benzene rings is 1. The molecule has 0 N–H and O–H groups in total. The Labute approximate surface area is 91.4 Å². The first-order valence-corrected chi connectivity index (χ1v) is 5.52. The lowest BCUT2D eigenvalue weighted by Crippen LogP contribution is -2.04. The highest BCUT2D eigenvalue weighted by atomic mass is 127. The van der Waals surface area contributed by atoms with Crippen molar-refractivity contribution in [2.24, 2.45) is 0 Å². The Morgan fingerprint density at radius 1 is 1.38 bits per heavy atom. The second kappa shape index (κ2) is 5.21. The minimum atomic E-state index is -0.166. The average Bonchev–Trinajstić information content (AvgIpc) is 2.16. The molecule has 13 heavy (non-hydrogen) atoms. The Kier molecular flexibility index (Phi) is 4.21. The summed E-state index contributed by atoms with van der Waals surface area (Å²) in [5, 5.41) is 0. The third-order valence-electron chi connectivity index (χ3n) is 1.63. The molecule has 0 aliphatic rings. The SMILES string of the molecule is Cc1ccc(COC(=O)CI)cc1. The summed E-state index contributed by atoms with van der Waals surface area (Å²) in [6.07, 6.45) is 0. The zero-order valence-electron chi connectivity index (χ0n) is 7.42. The Morgan fingerprint density at radius 2 is 2.00 bits per heavy atom. The molecule has 2 nitrogen and oxygen atoms in total. The van der Waals surface area contributed by atoms with E-state index in [0.717, 1.165) is 5.56 Å². The van der Waals surface area contributed by atoms with Crippen LogP contribution in [-0.4, -0.2) is 10.4 Å². The highest BCUT2D eigenvalue weighted by Gasteiger charge is 1.99. The molecule has 0 bridgehead atoms. The van der Waals surface area contributed by atoms with Crippen molar-refractivity contribution >= 4 is 28.6 Å². The van der Waals surface area contributed by atoms with Crippen LogP contribution in [0.5, 0.6) is 0 Å². The monoisotopic (exact) mass is 290 g/mol. The van der Waals surface area contributed by atoms with Crippen LogP contribution in [0.15, 0.2) is 24.3 Å². The average molecular weight is 290 g/mol. The highest BCUT2D eigenvalue weighted by molar-refractivity contribution is 14.1. The molecular formula is C10H11IO2. The first-order chi connectivity index (χ1) is 6.22. The van der Waals surface area contributed by atoms with Gasteiger partial charge in [-0.2, -0.15) is 0 Å². The van der Waals surface area contributed by atoms with Crippen LogP contribution in [0.4, 0.5) is 0 Å². The summed E-state index contributed by atoms with van der Waals surface area (Å²) in [5.74, 6) is -0.166. The van der Waals surface area contributed by atoms with Gasteiger partial charge in [-0.3, -0.25) is 4.79 Å². The summed E-state index contributed by atoms with van der Waals surface area (Å²) in [4.78, 5) is 10.8. The molecule has 0 heterocycles. The number of rotatable bonds is 3. The molecule has 0 spiro atoms. The van der Waals surface area contributed by atoms with E-state index in [-0.39, 0.29) is 5.97 Å². The van der Waals surface area contributed by atoms with E-state index >= 15 is 0 Å². The molecule has 0 radical (unpaired) electrons. The normalized spacial score (nSPS) is 9.69. The van der Waals surface area contributed by atoms with Crippen molar-refractivity contribution in [1.29, 1.82) is 0 Å². The van der Waals surface area contributed by atoms with Gasteiger partial charge in [0.25, 0.3) is 0 Å². The van der Waals surface area contributed by atoms with Crippen molar-refractivity contribution in [3.63, 3.8) is 0 Å². The lowest BCUT2D eigenvalue weighted by atomic mass is 10.2. The van der Waals surface area contributed by atoms with Gasteiger partial charge in [0.2, 0.25) is 0 Å². The van der Waals surface area contributed by atoms with Gasteiger partial charge in [-0.25, -0.2) is 0 Å². The number of alkyl halides is 1. The van der Waals surface area contributed by atoms with Gasteiger partial charge in [0.1, 0.15) is 6.61 Å². The maximum atomic E-state index is 10.8. The van der Waals surface area contributed by atoms with Gasteiger partial charge in [-0.05, 0) is 12.5 Å². The van der Waals surface area contributed by atoms with E-state index < -0.39 is 0 Å². The van der Waals surface area contributed by atoms with E-state index in [9.17, 15) is 4.79 Å². The van der Waals surface area contributed by atoms with E-state index in [4.69, 9.17) is 4.74 Å². The molecule has 0 aliphatic heterocycles. The molecule has 0 saturated heterocycles. The number of hydrogen-bond donors (Lipinski definition) is 0. The maximum Gasteiger partial charge on any atom is 0.316 e. The third kappa shape index (κ3) is 3.76. The fourth-order valence-corrected chi connectivity index (χ4v) is 1.11. The molecule has 0 aromatic heterocycles. The summed E-state index contributed by atoms with van der Waals surface area (Å²) in [6, 6.07) is 7.95. The molecule has 0 unspecified atom stereocenters. The van der Waals surface area contributed by atoms with Crippen LogP contribution >= 0.6 is 22.6 Å². The standard InChI is InChI=1S/C10H11IO2/c1-8-2-4-9(5-3-8)7-13-10(12)6-11/h2-5H,6-7H2,1H3. The van der Waals surface area contributed by atoms with Gasteiger partial charge < -0.3 is 4.74 Å². The van der Waals surface area contributed by atoms with Gasteiger partial charge in [-0.1, -0.05) is 52.4 Å². The molecule has 0 fully saturated rings. The van der Waals surface area contributed by atoms with Crippen LogP contribution in [-0.2, 0) is 16.1 Å². The van der Waals surface area contributed by atoms with Crippen molar-refractivity contribution in [1.82, 2.24) is 0 Å². The van der Waals surface area contributed by atoms with Gasteiger partial charge in [0.05, 0.1) is 4.43 Å². The van der Waals surface area contributed by atoms with Crippen LogP contribution in [0.25, 0.3) is 0 Å². The van der Waals surface area contributed by atoms with E-state index in [0.29, 0.717) is 11.0 Å². The zero-order chi connectivity index (χ0) is 9.68. The number of ether oxygens (including phenoxy) is 1. The second-order valence-electron chi connectivity index (χ2n) is 2.78. The van der Waals surface area contributed by atoms with Gasteiger partial charge >= 0.3 is 5.97 Å². The molecular weight excluding hydrogens is 279 g/mol. The van der Waals surface area contributed by atoms with E-state index in [1.54, 1.807) is 0 Å². The fraction of sp³-hybridized carbons (Fsp3) is 0.300. The predicted molar refractivity (Wildman–Crippen MR) is 59.9 cm³/mol. The van der Waals surface area contributed by atoms with Crippen LogP contribution in [0.1, 0.15) is 11.1 Å². The van der Waals surface area contributed by atoms with E-state index in [1.807, 2.05) is 53.8 Å². The minimum absolute atomic E-state index is 0.166. The number of halogens is 1. The van der Waals surface area contributed by atoms with Crippen molar-refractivity contribution < 1.29 is 9.53 Å². The minimum Gasteiger partial charge on any atom is -0.460 e. The first-order valence-electron chi connectivity index (χ1n) is 3.99. The Bertz CT molecular complexity index is 279. The number of esters is 1. The number of carbonyl (C=O) groups is 1. The summed E-state index contributed by atoms with van der Waals surface area (Å²) >= 11 is 1.99. The largest absolute Gasteiger partial charge is 0.460 e. The van der Waals surface area contributed by atoms with Crippen molar-refractivity contribution in [2.75, 3.05) is 4.43 Å². The number of aryl methyl sites for hydroxylation is 1. The quantitative estimate of drug-likeness (QED) is 0.485. The molecule has 0 atom stereocenters. The van der Waals surface area contributed by atoms with Gasteiger partial charge in [0, 0.05) is 0 Å². The van der Waals surface area contributed by atoms with Crippen molar-refractivity contribution in [2.45, 2.75) is 13.5 Å². The van der Waals surface area contributed by atoms with Crippen LogP contribution in [0.2, 0.25) is 0 Å². The van der Waals surface area contributed by atoms with Crippen LogP contribution < -0.4 is 0 Å². The second-order valence-corrected chi connectivity index (χ2v) is 3.54. The molecule has 1 aromatic rings. The third-order valence-corrected chi connectivity index (χ3v) is 2.25. The van der Waals surface area contributed by atoms with Gasteiger partial charge in [-0.15, -0.1) is 0 Å². The smallest absolute Gasteiger partial charge is 0.316 e. The molecule has 70 valence electrons. The zero-order valence-corrected chi connectivity index (χ0v) is 9.58. The lowest BCUT2D eigenvalue weighted by molar-refractivity contribution is -0.141. The van der Waals surface area contributed by atoms with E-state index in [1.165, 1.54) is 5.56 Å². The first kappa shape index (κ1) is 10.5. The van der Waals surface area contributed by atoms with E-state index in [2.05, 4.69) is 0 Å². The van der Waals surface area contributed by atoms with Crippen LogP contribution in [0, 0.1) is 6.92 Å². The Morgan fingerprint density at radius 3 is 2.54 bits per heavy atom. The topological polar surface area (TPSA) is 26.3 Å². The Hall–Kier alpha value is -0.580. The predicted octanol–water partition coefficient (Wildman–Crippen LogP) is 2.47. The van der Waals surface area contributed by atoms with Gasteiger partial charge in [0.15, 0.2) is 0 Å². The fourth-order valence-electron chi connectivity index (χ4n) is 0.887. The summed E-state index contributed by atoms with van der Waals surface area (Å²) in [6.45, 7) is 2.41. The summed E-state index contributed by atoms with van der Waals surface area (Å²) in [7, 11) is 0. The molecule has 1 rings (SSSR count). The number of hydrogen-bond acceptors (Lipinski definition) is 2. The maximum absolute atomic E-state index is 10.8. The molecule has 0 aliphatic carbocycles. The van der Waals surface area contributed by atoms with Crippen molar-refractivity contribution in [3.8, 4) is 0 Å². The summed E-state index contributed by atoms with van der Waals surface area (Å²) < 4.78 is 5.38. The van der Waals surface area contributed by atoms with Crippen molar-refractivity contribution in [3.05, 3.63) is 35.4 Å². The number of carbonyl (C=O) groups excluding carboxylic acids is 1. The highest BCUT2D eigenvalue weighted by Crippen LogP contribution is 2.04. The molecule has 3 heteroatoms. The molecule has 0 amide bonds. The van der Waals surface area contributed by atoms with Crippen LogP contribution in [0.3, 0.4) is 0 Å². The lowest BCUT2D eigenvalue weighted by Gasteiger charge is -2.02.